The second-order valence-electron chi connectivity index (χ2n) is 7.46. The van der Waals surface area contributed by atoms with E-state index in [0.29, 0.717) is 17.4 Å². The zero-order valence-corrected chi connectivity index (χ0v) is 16.5. The van der Waals surface area contributed by atoms with Gasteiger partial charge in [-0.2, -0.15) is 0 Å². The van der Waals surface area contributed by atoms with Gasteiger partial charge in [-0.05, 0) is 37.0 Å². The van der Waals surface area contributed by atoms with Crippen molar-refractivity contribution >= 4 is 22.5 Å². The smallest absolute Gasteiger partial charge is 0.293 e. The Morgan fingerprint density at radius 1 is 1.03 bits per heavy atom. The number of nitrogens with zero attached hydrogens (tertiary/aromatic N) is 2. The molecule has 29 heavy (non-hydrogen) atoms. The molecule has 1 aliphatic rings. The third kappa shape index (κ3) is 3.58. The second kappa shape index (κ2) is 7.99. The molecule has 0 radical (unpaired) electrons. The molecule has 0 aliphatic carbocycles. The van der Waals surface area contributed by atoms with Crippen LogP contribution in [0.1, 0.15) is 35.2 Å². The highest BCUT2D eigenvalue weighted by atomic mass is 16.3. The number of benzene rings is 2. The summed E-state index contributed by atoms with van der Waals surface area (Å²) in [4.78, 5) is 27.7. The number of fused-ring (bicyclic) bond motifs is 1. The van der Waals surface area contributed by atoms with Gasteiger partial charge < -0.3 is 19.9 Å². The standard InChI is InChI=1S/C23H25N3O3/c1-25-19-12-6-4-10-17(19)20(21(27)23(25)29)22(28)24-15-16-9-3-5-11-18(16)26-13-7-2-8-14-26/h3-6,9-12,27H,2,7-8,13-15H2,1H3,(H,24,28). The van der Waals surface area contributed by atoms with E-state index in [1.165, 1.54) is 23.8 Å². The third-order valence-electron chi connectivity index (χ3n) is 5.63. The number of hydrogen-bond donors (Lipinski definition) is 2. The molecule has 2 N–H and O–H groups in total. The summed E-state index contributed by atoms with van der Waals surface area (Å²) in [5, 5.41) is 13.9. The fraction of sp³-hybridized carbons (Fsp3) is 0.304. The van der Waals surface area contributed by atoms with Crippen LogP contribution in [0.5, 0.6) is 5.75 Å². The Morgan fingerprint density at radius 3 is 2.52 bits per heavy atom. The molecular formula is C23H25N3O3. The first-order valence-corrected chi connectivity index (χ1v) is 9.99. The van der Waals surface area contributed by atoms with Crippen molar-refractivity contribution in [1.29, 1.82) is 0 Å². The Balaban J connectivity index is 1.63. The van der Waals surface area contributed by atoms with E-state index in [1.54, 1.807) is 31.3 Å². The van der Waals surface area contributed by atoms with Crippen LogP contribution in [0.25, 0.3) is 10.9 Å². The molecule has 0 spiro atoms. The number of piperidine rings is 1. The number of aromatic nitrogens is 1. The van der Waals surface area contributed by atoms with Crippen LogP contribution in [0.3, 0.4) is 0 Å². The van der Waals surface area contributed by atoms with Crippen molar-refractivity contribution in [3.05, 3.63) is 70.0 Å². The molecule has 0 saturated carbocycles. The van der Waals surface area contributed by atoms with Gasteiger partial charge in [0.25, 0.3) is 11.5 Å². The van der Waals surface area contributed by atoms with E-state index in [-0.39, 0.29) is 5.56 Å². The first-order valence-electron chi connectivity index (χ1n) is 9.99. The molecule has 1 aliphatic heterocycles. The molecule has 0 atom stereocenters. The minimum absolute atomic E-state index is 0.0270. The Morgan fingerprint density at radius 2 is 1.72 bits per heavy atom. The van der Waals surface area contributed by atoms with E-state index in [9.17, 15) is 14.7 Å². The zero-order valence-electron chi connectivity index (χ0n) is 16.5. The van der Waals surface area contributed by atoms with Crippen LogP contribution in [-0.2, 0) is 13.6 Å². The van der Waals surface area contributed by atoms with Gasteiger partial charge in [-0.25, -0.2) is 0 Å². The van der Waals surface area contributed by atoms with E-state index in [0.717, 1.165) is 24.3 Å². The molecule has 1 amide bonds. The maximum Gasteiger partial charge on any atom is 0.293 e. The SMILES string of the molecule is Cn1c(=O)c(O)c(C(=O)NCc2ccccc2N2CCCCC2)c2ccccc21. The number of pyridine rings is 1. The molecule has 4 rings (SSSR count). The molecule has 1 aromatic heterocycles. The summed E-state index contributed by atoms with van der Waals surface area (Å²) in [7, 11) is 1.58. The number of carbonyl (C=O) groups excluding carboxylic acids is 1. The van der Waals surface area contributed by atoms with Crippen molar-refractivity contribution in [2.75, 3.05) is 18.0 Å². The molecule has 0 unspecified atom stereocenters. The van der Waals surface area contributed by atoms with Gasteiger partial charge in [-0.3, -0.25) is 9.59 Å². The van der Waals surface area contributed by atoms with Gasteiger partial charge in [0.05, 0.1) is 11.1 Å². The fourth-order valence-corrected chi connectivity index (χ4v) is 4.08. The van der Waals surface area contributed by atoms with Crippen LogP contribution < -0.4 is 15.8 Å². The van der Waals surface area contributed by atoms with Gasteiger partial charge in [0, 0.05) is 37.8 Å². The number of rotatable bonds is 4. The second-order valence-corrected chi connectivity index (χ2v) is 7.46. The van der Waals surface area contributed by atoms with Crippen LogP contribution in [0.2, 0.25) is 0 Å². The van der Waals surface area contributed by atoms with Crippen LogP contribution in [0.4, 0.5) is 5.69 Å². The Kier molecular flexibility index (Phi) is 5.25. The molecule has 150 valence electrons. The molecule has 6 nitrogen and oxygen atoms in total. The molecule has 3 aromatic rings. The van der Waals surface area contributed by atoms with Crippen molar-refractivity contribution < 1.29 is 9.90 Å². The molecule has 0 bridgehead atoms. The van der Waals surface area contributed by atoms with E-state index in [1.807, 2.05) is 18.2 Å². The highest BCUT2D eigenvalue weighted by molar-refractivity contribution is 6.08. The largest absolute Gasteiger partial charge is 0.502 e. The highest BCUT2D eigenvalue weighted by Gasteiger charge is 2.21. The van der Waals surface area contributed by atoms with Crippen LogP contribution in [-0.4, -0.2) is 28.7 Å². The van der Waals surface area contributed by atoms with Gasteiger partial charge in [-0.1, -0.05) is 36.4 Å². The molecule has 1 saturated heterocycles. The van der Waals surface area contributed by atoms with Gasteiger partial charge in [0.1, 0.15) is 0 Å². The summed E-state index contributed by atoms with van der Waals surface area (Å²) in [6.45, 7) is 2.37. The third-order valence-corrected chi connectivity index (χ3v) is 5.63. The number of aryl methyl sites for hydroxylation is 1. The lowest BCUT2D eigenvalue weighted by atomic mass is 10.1. The molecular weight excluding hydrogens is 366 g/mol. The van der Waals surface area contributed by atoms with Crippen LogP contribution in [0, 0.1) is 0 Å². The molecule has 2 heterocycles. The number of amides is 1. The average Bonchev–Trinajstić information content (AvgIpc) is 2.77. The van der Waals surface area contributed by atoms with E-state index in [4.69, 9.17) is 0 Å². The predicted octanol–water partition coefficient (Wildman–Crippen LogP) is 3.16. The van der Waals surface area contributed by atoms with E-state index >= 15 is 0 Å². The molecule has 2 aromatic carbocycles. The Hall–Kier alpha value is -3.28. The van der Waals surface area contributed by atoms with Crippen molar-refractivity contribution in [3.8, 4) is 5.75 Å². The number of carbonyl (C=O) groups is 1. The van der Waals surface area contributed by atoms with E-state index in [2.05, 4.69) is 16.3 Å². The number of anilines is 1. The summed E-state index contributed by atoms with van der Waals surface area (Å²) in [5.74, 6) is -0.974. The predicted molar refractivity (Wildman–Crippen MR) is 115 cm³/mol. The van der Waals surface area contributed by atoms with E-state index < -0.39 is 17.2 Å². The maximum absolute atomic E-state index is 13.0. The quantitative estimate of drug-likeness (QED) is 0.716. The average molecular weight is 391 g/mol. The van der Waals surface area contributed by atoms with Gasteiger partial charge >= 0.3 is 0 Å². The summed E-state index contributed by atoms with van der Waals surface area (Å²) < 4.78 is 1.35. The maximum atomic E-state index is 13.0. The lowest BCUT2D eigenvalue weighted by molar-refractivity contribution is 0.0949. The van der Waals surface area contributed by atoms with Crippen molar-refractivity contribution in [2.45, 2.75) is 25.8 Å². The summed E-state index contributed by atoms with van der Waals surface area (Å²) in [6.07, 6.45) is 3.60. The number of hydrogen-bond acceptors (Lipinski definition) is 4. The lowest BCUT2D eigenvalue weighted by Crippen LogP contribution is -2.32. The molecule has 1 fully saturated rings. The van der Waals surface area contributed by atoms with Crippen LogP contribution in [0.15, 0.2) is 53.3 Å². The summed E-state index contributed by atoms with van der Waals surface area (Å²) >= 11 is 0. The van der Waals surface area contributed by atoms with Gasteiger partial charge in [-0.15, -0.1) is 0 Å². The van der Waals surface area contributed by atoms with Crippen molar-refractivity contribution in [1.82, 2.24) is 9.88 Å². The summed E-state index contributed by atoms with van der Waals surface area (Å²) in [5.41, 5.74) is 2.21. The lowest BCUT2D eigenvalue weighted by Gasteiger charge is -2.30. The number of para-hydroxylation sites is 2. The van der Waals surface area contributed by atoms with Gasteiger partial charge in [0.15, 0.2) is 5.75 Å². The zero-order chi connectivity index (χ0) is 20.4. The molecule has 6 heteroatoms. The Bertz CT molecular complexity index is 1110. The van der Waals surface area contributed by atoms with Crippen molar-refractivity contribution in [2.24, 2.45) is 7.05 Å². The van der Waals surface area contributed by atoms with Crippen molar-refractivity contribution in [3.63, 3.8) is 0 Å². The highest BCUT2D eigenvalue weighted by Crippen LogP contribution is 2.26. The monoisotopic (exact) mass is 391 g/mol. The normalized spacial score (nSPS) is 14.2. The van der Waals surface area contributed by atoms with Crippen LogP contribution >= 0.6 is 0 Å². The minimum Gasteiger partial charge on any atom is -0.502 e. The number of aromatic hydroxyl groups is 1. The topological polar surface area (TPSA) is 74.6 Å². The first-order chi connectivity index (χ1) is 14.1. The number of nitrogens with one attached hydrogen (secondary N) is 1. The van der Waals surface area contributed by atoms with Gasteiger partial charge in [0.2, 0.25) is 0 Å². The Labute approximate surface area is 169 Å². The minimum atomic E-state index is -0.581. The fourth-order valence-electron chi connectivity index (χ4n) is 4.08. The first kappa shape index (κ1) is 19.1. The summed E-state index contributed by atoms with van der Waals surface area (Å²) in [6, 6.07) is 15.1.